The van der Waals surface area contributed by atoms with Crippen LogP contribution in [0, 0.1) is 0 Å². The van der Waals surface area contributed by atoms with Gasteiger partial charge < -0.3 is 19.5 Å². The van der Waals surface area contributed by atoms with E-state index in [2.05, 4.69) is 6.07 Å². The number of rotatable bonds is 12. The van der Waals surface area contributed by atoms with Crippen LogP contribution in [0.15, 0.2) is 36.4 Å². The first-order valence-electron chi connectivity index (χ1n) is 12.1. The van der Waals surface area contributed by atoms with Gasteiger partial charge in [-0.05, 0) is 61.1 Å². The van der Waals surface area contributed by atoms with Crippen LogP contribution in [0.5, 0.6) is 11.5 Å². The third-order valence-corrected chi connectivity index (χ3v) is 6.55. The van der Waals surface area contributed by atoms with Crippen molar-refractivity contribution in [3.8, 4) is 11.5 Å². The van der Waals surface area contributed by atoms with Crippen molar-refractivity contribution >= 4 is 16.7 Å². The Balaban J connectivity index is 0.00000199. The van der Waals surface area contributed by atoms with Crippen molar-refractivity contribution in [1.29, 1.82) is 0 Å². The van der Waals surface area contributed by atoms with Gasteiger partial charge in [-0.3, -0.25) is 9.00 Å². The number of carbonyl (C=O) groups excluding carboxylic acids is 1. The maximum absolute atomic E-state index is 13.3. The lowest BCUT2D eigenvalue weighted by atomic mass is 10.0. The number of amides is 1. The van der Waals surface area contributed by atoms with E-state index in [1.165, 1.54) is 5.56 Å². The molecule has 0 radical (unpaired) electrons. The average molecular weight is 490 g/mol. The molecule has 188 valence electrons. The van der Waals surface area contributed by atoms with Crippen LogP contribution in [0.4, 0.5) is 0 Å². The Morgan fingerprint density at radius 1 is 1.09 bits per heavy atom. The minimum Gasteiger partial charge on any atom is -0.493 e. The molecule has 0 fully saturated rings. The SMILES string of the molecule is CC.CCOc1cc([C@@H](CS(C)=O)N2Cc3cc(CCCCCO)ccc3C2=O)ccc1OC. The number of aliphatic hydroxyl groups is 1. The number of nitrogens with zero attached hydrogens (tertiary/aromatic N) is 1. The van der Waals surface area contributed by atoms with Gasteiger partial charge in [0.25, 0.3) is 5.91 Å². The summed E-state index contributed by atoms with van der Waals surface area (Å²) in [7, 11) is 0.508. The smallest absolute Gasteiger partial charge is 0.255 e. The zero-order chi connectivity index (χ0) is 25.1. The molecule has 0 saturated carbocycles. The van der Waals surface area contributed by atoms with Gasteiger partial charge >= 0.3 is 0 Å². The molecule has 2 aromatic carbocycles. The third-order valence-electron chi connectivity index (χ3n) is 5.77. The summed E-state index contributed by atoms with van der Waals surface area (Å²) in [5.74, 6) is 1.57. The number of hydrogen-bond donors (Lipinski definition) is 1. The molecule has 0 bridgehead atoms. The van der Waals surface area contributed by atoms with Gasteiger partial charge in [0.05, 0.1) is 19.8 Å². The van der Waals surface area contributed by atoms with Crippen LogP contribution in [0.3, 0.4) is 0 Å². The molecule has 0 aliphatic carbocycles. The Kier molecular flexibility index (Phi) is 11.6. The molecule has 1 N–H and O–H groups in total. The number of aliphatic hydroxyl groups excluding tert-OH is 1. The summed E-state index contributed by atoms with van der Waals surface area (Å²) in [6.07, 6.45) is 5.42. The zero-order valence-electron chi connectivity index (χ0n) is 21.1. The topological polar surface area (TPSA) is 76.1 Å². The van der Waals surface area contributed by atoms with Gasteiger partial charge in [0.2, 0.25) is 0 Å². The number of benzene rings is 2. The molecule has 7 heteroatoms. The lowest BCUT2D eigenvalue weighted by molar-refractivity contribution is 0.0718. The molecule has 1 amide bonds. The second-order valence-corrected chi connectivity index (χ2v) is 9.54. The summed E-state index contributed by atoms with van der Waals surface area (Å²) in [6, 6.07) is 11.4. The Hall–Kier alpha value is -2.38. The van der Waals surface area contributed by atoms with Gasteiger partial charge in [-0.25, -0.2) is 0 Å². The highest BCUT2D eigenvalue weighted by Gasteiger charge is 2.34. The third kappa shape index (κ3) is 7.06. The van der Waals surface area contributed by atoms with E-state index in [0.717, 1.165) is 42.4 Å². The van der Waals surface area contributed by atoms with E-state index >= 15 is 0 Å². The van der Waals surface area contributed by atoms with Gasteiger partial charge in [0.1, 0.15) is 0 Å². The number of aryl methyl sites for hydroxylation is 1. The van der Waals surface area contributed by atoms with Gasteiger partial charge in [0, 0.05) is 41.5 Å². The van der Waals surface area contributed by atoms with Crippen LogP contribution in [0.2, 0.25) is 0 Å². The molecule has 1 aliphatic rings. The number of methoxy groups -OCH3 is 1. The van der Waals surface area contributed by atoms with Crippen molar-refractivity contribution in [2.24, 2.45) is 0 Å². The van der Waals surface area contributed by atoms with Gasteiger partial charge in [0.15, 0.2) is 11.5 Å². The Labute approximate surface area is 206 Å². The Bertz CT molecular complexity index is 962. The van der Waals surface area contributed by atoms with Gasteiger partial charge in [-0.2, -0.15) is 0 Å². The van der Waals surface area contributed by atoms with E-state index in [4.69, 9.17) is 14.6 Å². The molecule has 3 rings (SSSR count). The number of fused-ring (bicyclic) bond motifs is 1. The first kappa shape index (κ1) is 27.9. The minimum absolute atomic E-state index is 0.0314. The van der Waals surface area contributed by atoms with Crippen molar-refractivity contribution in [3.63, 3.8) is 0 Å². The average Bonchev–Trinajstić information content (AvgIpc) is 3.17. The molecule has 0 saturated heterocycles. The van der Waals surface area contributed by atoms with E-state index in [1.807, 2.05) is 56.0 Å². The summed E-state index contributed by atoms with van der Waals surface area (Å²) in [5, 5.41) is 8.95. The molecular formula is C27H39NO5S. The second-order valence-electron chi connectivity index (χ2n) is 8.06. The molecule has 2 atom stereocenters. The molecule has 1 aliphatic heterocycles. The Morgan fingerprint density at radius 3 is 2.50 bits per heavy atom. The van der Waals surface area contributed by atoms with Crippen molar-refractivity contribution in [1.82, 2.24) is 4.90 Å². The number of unbranched alkanes of at least 4 members (excludes halogenated alkanes) is 2. The molecular weight excluding hydrogens is 450 g/mol. The van der Waals surface area contributed by atoms with Crippen LogP contribution in [-0.2, 0) is 23.8 Å². The normalized spacial score (nSPS) is 14.2. The van der Waals surface area contributed by atoms with Crippen LogP contribution in [0.25, 0.3) is 0 Å². The van der Waals surface area contributed by atoms with Gasteiger partial charge in [-0.15, -0.1) is 0 Å². The molecule has 34 heavy (non-hydrogen) atoms. The fraction of sp³-hybridized carbons (Fsp3) is 0.519. The van der Waals surface area contributed by atoms with Crippen molar-refractivity contribution < 1.29 is 23.6 Å². The first-order valence-corrected chi connectivity index (χ1v) is 13.9. The molecule has 6 nitrogen and oxygen atoms in total. The largest absolute Gasteiger partial charge is 0.493 e. The summed E-state index contributed by atoms with van der Waals surface area (Å²) in [5.41, 5.74) is 3.82. The minimum atomic E-state index is -1.09. The van der Waals surface area contributed by atoms with Crippen LogP contribution < -0.4 is 9.47 Å². The predicted molar refractivity (Wildman–Crippen MR) is 138 cm³/mol. The highest BCUT2D eigenvalue weighted by molar-refractivity contribution is 7.84. The lowest BCUT2D eigenvalue weighted by Gasteiger charge is -2.28. The fourth-order valence-corrected chi connectivity index (χ4v) is 5.00. The fourth-order valence-electron chi connectivity index (χ4n) is 4.18. The van der Waals surface area contributed by atoms with E-state index in [1.54, 1.807) is 13.4 Å². The Morgan fingerprint density at radius 2 is 1.85 bits per heavy atom. The van der Waals surface area contributed by atoms with Gasteiger partial charge in [-0.1, -0.05) is 38.5 Å². The number of ether oxygens (including phenoxy) is 2. The molecule has 1 heterocycles. The first-order chi connectivity index (χ1) is 16.5. The summed E-state index contributed by atoms with van der Waals surface area (Å²) < 4.78 is 23.3. The summed E-state index contributed by atoms with van der Waals surface area (Å²) in [4.78, 5) is 15.1. The monoisotopic (exact) mass is 489 g/mol. The standard InChI is InChI=1S/C25H33NO5S.C2H6/c1-4-31-24-15-19(10-12-23(24)30-2)22(17-32(3)29)26-16-20-14-18(8-6-5-7-13-27)9-11-21(20)25(26)28;1-2/h9-12,14-15,22,27H,4-8,13,16-17H2,1-3H3;1-2H3/t22-,32?;/m1./s1. The predicted octanol–water partition coefficient (Wildman–Crippen LogP) is 4.90. The summed E-state index contributed by atoms with van der Waals surface area (Å²) in [6.45, 7) is 7.13. The zero-order valence-corrected chi connectivity index (χ0v) is 22.0. The summed E-state index contributed by atoms with van der Waals surface area (Å²) >= 11 is 0. The molecule has 0 spiro atoms. The van der Waals surface area contributed by atoms with E-state index in [0.29, 0.717) is 30.4 Å². The van der Waals surface area contributed by atoms with Crippen LogP contribution in [0.1, 0.15) is 73.1 Å². The lowest BCUT2D eigenvalue weighted by Crippen LogP contribution is -2.32. The highest BCUT2D eigenvalue weighted by atomic mass is 32.2. The molecule has 0 aromatic heterocycles. The number of carbonyl (C=O) groups is 1. The van der Waals surface area contributed by atoms with E-state index < -0.39 is 10.8 Å². The number of hydrogen-bond acceptors (Lipinski definition) is 5. The van der Waals surface area contributed by atoms with Crippen molar-refractivity contribution in [3.05, 3.63) is 58.7 Å². The van der Waals surface area contributed by atoms with Crippen molar-refractivity contribution in [2.75, 3.05) is 32.3 Å². The maximum Gasteiger partial charge on any atom is 0.255 e. The maximum atomic E-state index is 13.3. The van der Waals surface area contributed by atoms with Crippen LogP contribution >= 0.6 is 0 Å². The highest BCUT2D eigenvalue weighted by Crippen LogP contribution is 2.36. The molecule has 2 aromatic rings. The molecule has 1 unspecified atom stereocenters. The second kappa shape index (κ2) is 14.1. The van der Waals surface area contributed by atoms with Crippen LogP contribution in [-0.4, -0.2) is 52.5 Å². The van der Waals surface area contributed by atoms with E-state index in [-0.39, 0.29) is 18.6 Å². The quantitative estimate of drug-likeness (QED) is 0.429. The van der Waals surface area contributed by atoms with Crippen molar-refractivity contribution in [2.45, 2.75) is 59.0 Å². The van der Waals surface area contributed by atoms with E-state index in [9.17, 15) is 9.00 Å².